The molecule has 0 spiro atoms. The van der Waals surface area contributed by atoms with Gasteiger partial charge in [-0.15, -0.1) is 0 Å². The smallest absolute Gasteiger partial charge is 0.0193 e. The average molecular weight is 240 g/mol. The molecule has 0 fully saturated rings. The van der Waals surface area contributed by atoms with Gasteiger partial charge in [0.25, 0.3) is 0 Å². The van der Waals surface area contributed by atoms with Crippen molar-refractivity contribution in [2.45, 2.75) is 39.5 Å². The number of allylic oxidation sites excluding steroid dienone is 4. The molecule has 1 heteroatoms. The maximum atomic E-state index is 2.33. The van der Waals surface area contributed by atoms with E-state index >= 15 is 0 Å². The van der Waals surface area contributed by atoms with Gasteiger partial charge in [0.15, 0.2) is 0 Å². The molecule has 0 bridgehead atoms. The van der Waals surface area contributed by atoms with E-state index in [2.05, 4.69) is 32.1 Å². The molecule has 12 heavy (non-hydrogen) atoms. The van der Waals surface area contributed by atoms with E-state index in [0.29, 0.717) is 0 Å². The van der Waals surface area contributed by atoms with Gasteiger partial charge in [-0.2, -0.15) is 0 Å². The Hall–Kier alpha value is 0.363. The summed E-state index contributed by atoms with van der Waals surface area (Å²) in [7, 11) is 0. The zero-order chi connectivity index (χ0) is 8.10. The third-order valence-electron chi connectivity index (χ3n) is 2.11. The second-order valence-electron chi connectivity index (χ2n) is 3.08. The fourth-order valence-electron chi connectivity index (χ4n) is 1.30. The minimum Gasteiger partial charge on any atom is -0.0731 e. The van der Waals surface area contributed by atoms with Crippen LogP contribution in [-0.4, -0.2) is 0 Å². The van der Waals surface area contributed by atoms with Gasteiger partial charge in [-0.1, -0.05) is 44.1 Å². The molecule has 1 aliphatic carbocycles. The Morgan fingerprint density at radius 3 is 2.42 bits per heavy atom. The number of hydrogen-bond acceptors (Lipinski definition) is 0. The van der Waals surface area contributed by atoms with Gasteiger partial charge in [-0.25, -0.2) is 0 Å². The fraction of sp³-hybridized carbons (Fsp3) is 0.545. The van der Waals surface area contributed by atoms with Crippen molar-refractivity contribution in [3.63, 3.8) is 0 Å². The summed E-state index contributed by atoms with van der Waals surface area (Å²) in [6.45, 7) is 4.45. The van der Waals surface area contributed by atoms with E-state index in [0.717, 1.165) is 0 Å². The fourth-order valence-corrected chi connectivity index (χ4v) is 1.30. The zero-order valence-corrected chi connectivity index (χ0v) is 10.5. The van der Waals surface area contributed by atoms with Crippen LogP contribution in [0.1, 0.15) is 39.5 Å². The van der Waals surface area contributed by atoms with Gasteiger partial charge >= 0.3 is 0 Å². The van der Waals surface area contributed by atoms with E-state index < -0.39 is 0 Å². The first-order valence-corrected chi connectivity index (χ1v) is 4.61. The number of rotatable bonds is 4. The molecule has 0 aromatic heterocycles. The summed E-state index contributed by atoms with van der Waals surface area (Å²) in [5, 5.41) is 0. The topological polar surface area (TPSA) is 0 Å². The molecule has 0 aromatic carbocycles. The minimum absolute atomic E-state index is 0. The van der Waals surface area contributed by atoms with Crippen molar-refractivity contribution in [1.29, 1.82) is 0 Å². The molecule has 0 unspecified atom stereocenters. The summed E-state index contributed by atoms with van der Waals surface area (Å²) in [6, 6.07) is 0. The molecule has 0 saturated carbocycles. The Kier molecular flexibility index (Phi) is 7.04. The van der Waals surface area contributed by atoms with E-state index in [1.54, 1.807) is 0 Å². The Morgan fingerprint density at radius 2 is 1.92 bits per heavy atom. The summed E-state index contributed by atoms with van der Waals surface area (Å²) >= 11 is 0. The van der Waals surface area contributed by atoms with Crippen LogP contribution in [-0.2, 0) is 26.2 Å². The molecule has 0 nitrogen and oxygen atoms in total. The standard InChI is InChI=1S/C11H17.Zr/c1-3-5-6-11-8-7-10(4-2)9-11;/h7-9H,3-6H2,1-2H3;. The quantitative estimate of drug-likeness (QED) is 0.703. The molecule has 1 aliphatic rings. The molecule has 1 radical (unpaired) electrons. The van der Waals surface area contributed by atoms with E-state index in [1.807, 2.05) is 0 Å². The molecule has 0 saturated heterocycles. The van der Waals surface area contributed by atoms with Crippen molar-refractivity contribution in [3.05, 3.63) is 29.7 Å². The third kappa shape index (κ3) is 3.85. The van der Waals surface area contributed by atoms with E-state index in [4.69, 9.17) is 0 Å². The third-order valence-corrected chi connectivity index (χ3v) is 2.11. The van der Waals surface area contributed by atoms with Crippen LogP contribution in [0.2, 0.25) is 0 Å². The van der Waals surface area contributed by atoms with Gasteiger partial charge in [-0.05, 0) is 19.3 Å². The van der Waals surface area contributed by atoms with E-state index in [1.165, 1.54) is 37.2 Å². The Balaban J connectivity index is 0.00000121. The van der Waals surface area contributed by atoms with Crippen LogP contribution < -0.4 is 0 Å². The van der Waals surface area contributed by atoms with E-state index in [-0.39, 0.29) is 26.2 Å². The van der Waals surface area contributed by atoms with Crippen molar-refractivity contribution in [3.8, 4) is 0 Å². The van der Waals surface area contributed by atoms with Crippen LogP contribution >= 0.6 is 0 Å². The summed E-state index contributed by atoms with van der Waals surface area (Å²) < 4.78 is 0. The van der Waals surface area contributed by atoms with Gasteiger partial charge in [0.05, 0.1) is 0 Å². The zero-order valence-electron chi connectivity index (χ0n) is 8.06. The molecule has 65 valence electrons. The SMILES string of the molecule is CCCCC1=C[C](CC)C=C1.[Zr]. The maximum Gasteiger partial charge on any atom is 0.0193 e. The minimum atomic E-state index is 0. The van der Waals surface area contributed by atoms with Gasteiger partial charge in [0.1, 0.15) is 0 Å². The molecular formula is C11H17Zr. The molecule has 1 rings (SSSR count). The summed E-state index contributed by atoms with van der Waals surface area (Å²) in [5.74, 6) is 1.48. The second kappa shape index (κ2) is 6.83. The first kappa shape index (κ1) is 12.4. The normalized spacial score (nSPS) is 16.0. The number of unbranched alkanes of at least 4 members (excludes halogenated alkanes) is 1. The number of hydrogen-bond donors (Lipinski definition) is 0. The first-order valence-electron chi connectivity index (χ1n) is 4.61. The predicted octanol–water partition coefficient (Wildman–Crippen LogP) is 3.65. The van der Waals surface area contributed by atoms with Gasteiger partial charge < -0.3 is 0 Å². The molecule has 0 aliphatic heterocycles. The van der Waals surface area contributed by atoms with Gasteiger partial charge in [0, 0.05) is 32.1 Å². The van der Waals surface area contributed by atoms with Gasteiger partial charge in [0.2, 0.25) is 0 Å². The van der Waals surface area contributed by atoms with Crippen LogP contribution in [0.15, 0.2) is 23.8 Å². The summed E-state index contributed by atoms with van der Waals surface area (Å²) in [5.41, 5.74) is 1.52. The Bertz CT molecular complexity index is 168. The first-order chi connectivity index (χ1) is 5.36. The molecule has 0 aromatic rings. The second-order valence-corrected chi connectivity index (χ2v) is 3.08. The predicted molar refractivity (Wildman–Crippen MR) is 50.3 cm³/mol. The molecular weight excluding hydrogens is 223 g/mol. The Labute approximate surface area is 95.3 Å². The van der Waals surface area contributed by atoms with Crippen molar-refractivity contribution < 1.29 is 26.2 Å². The summed E-state index contributed by atoms with van der Waals surface area (Å²) in [4.78, 5) is 0. The van der Waals surface area contributed by atoms with Crippen molar-refractivity contribution in [2.75, 3.05) is 0 Å². The van der Waals surface area contributed by atoms with Gasteiger partial charge in [-0.3, -0.25) is 0 Å². The molecule has 0 amide bonds. The van der Waals surface area contributed by atoms with Crippen LogP contribution in [0, 0.1) is 5.92 Å². The average Bonchev–Trinajstić information content (AvgIpc) is 2.48. The van der Waals surface area contributed by atoms with Crippen LogP contribution in [0.25, 0.3) is 0 Å². The van der Waals surface area contributed by atoms with Crippen molar-refractivity contribution in [1.82, 2.24) is 0 Å². The summed E-state index contributed by atoms with van der Waals surface area (Å²) in [6.07, 6.45) is 11.9. The molecule has 0 heterocycles. The monoisotopic (exact) mass is 239 g/mol. The van der Waals surface area contributed by atoms with Crippen molar-refractivity contribution in [2.24, 2.45) is 0 Å². The Morgan fingerprint density at radius 1 is 1.17 bits per heavy atom. The molecule has 0 atom stereocenters. The molecule has 0 N–H and O–H groups in total. The van der Waals surface area contributed by atoms with E-state index in [9.17, 15) is 0 Å². The van der Waals surface area contributed by atoms with Crippen LogP contribution in [0.3, 0.4) is 0 Å². The maximum absolute atomic E-state index is 2.33. The van der Waals surface area contributed by atoms with Crippen LogP contribution in [0.5, 0.6) is 0 Å². The van der Waals surface area contributed by atoms with Crippen LogP contribution in [0.4, 0.5) is 0 Å². The van der Waals surface area contributed by atoms with Crippen molar-refractivity contribution >= 4 is 0 Å². The largest absolute Gasteiger partial charge is 0.0731 e.